The fourth-order valence-corrected chi connectivity index (χ4v) is 11.7. The van der Waals surface area contributed by atoms with E-state index in [1.807, 2.05) is 68.5 Å². The third-order valence-corrected chi connectivity index (χ3v) is 14.6. The van der Waals surface area contributed by atoms with E-state index in [0.717, 1.165) is 37.0 Å². The molecule has 3 aromatic carbocycles. The van der Waals surface area contributed by atoms with Crippen LogP contribution in [0.2, 0.25) is 5.02 Å². The van der Waals surface area contributed by atoms with Crippen LogP contribution in [0.5, 0.6) is 5.75 Å². The van der Waals surface area contributed by atoms with E-state index >= 15 is 9.59 Å². The van der Waals surface area contributed by atoms with Gasteiger partial charge in [0.05, 0.1) is 28.0 Å². The summed E-state index contributed by atoms with van der Waals surface area (Å²) < 4.78 is 2.62. The number of allylic oxidation sites excluding steroid dienone is 2. The number of phenols is 1. The van der Waals surface area contributed by atoms with E-state index in [9.17, 15) is 19.5 Å². The number of aromatic nitrogens is 2. The zero-order valence-corrected chi connectivity index (χ0v) is 33.3. The predicted molar refractivity (Wildman–Crippen MR) is 217 cm³/mol. The zero-order chi connectivity index (χ0) is 40.1. The molecule has 4 amide bonds. The number of hydrogen-bond donors (Lipinski definition) is 2. The molecular formula is C44H41ClN4O7S. The first-order valence-corrected chi connectivity index (χ1v) is 20.6. The molecule has 13 heteroatoms. The first-order valence-electron chi connectivity index (χ1n) is 19.4. The van der Waals surface area contributed by atoms with Crippen LogP contribution >= 0.6 is 22.9 Å². The minimum Gasteiger partial charge on any atom is -0.507 e. The first kappa shape index (κ1) is 37.3. The molecule has 9 rings (SSSR count). The van der Waals surface area contributed by atoms with Crippen molar-refractivity contribution in [1.29, 1.82) is 0 Å². The number of carboxylic acid groups (broad SMARTS) is 1. The number of thiophene rings is 1. The van der Waals surface area contributed by atoms with Crippen LogP contribution in [0.3, 0.4) is 0 Å². The summed E-state index contributed by atoms with van der Waals surface area (Å²) >= 11 is 7.90. The summed E-state index contributed by atoms with van der Waals surface area (Å²) in [6.45, 7) is 4.07. The highest BCUT2D eigenvalue weighted by atomic mass is 35.5. The van der Waals surface area contributed by atoms with E-state index in [2.05, 4.69) is 0 Å². The highest BCUT2D eigenvalue weighted by Gasteiger charge is 2.68. The highest BCUT2D eigenvalue weighted by Crippen LogP contribution is 2.64. The predicted octanol–water partition coefficient (Wildman–Crippen LogP) is 8.00. The summed E-state index contributed by atoms with van der Waals surface area (Å²) in [5.41, 5.74) is 1.98. The topological polar surface area (TPSA) is 150 Å². The number of carboxylic acids is 1. The molecule has 4 aliphatic rings. The molecule has 5 aromatic rings. The van der Waals surface area contributed by atoms with Crippen molar-refractivity contribution in [3.8, 4) is 16.3 Å². The zero-order valence-electron chi connectivity index (χ0n) is 31.7. The van der Waals surface area contributed by atoms with Gasteiger partial charge in [-0.1, -0.05) is 60.0 Å². The lowest BCUT2D eigenvalue weighted by atomic mass is 9.51. The van der Waals surface area contributed by atoms with Gasteiger partial charge in [-0.05, 0) is 91.6 Å². The number of carbonyl (C=O) groups is 5. The minimum absolute atomic E-state index is 0.0277. The van der Waals surface area contributed by atoms with Crippen LogP contribution in [0.15, 0.2) is 72.3 Å². The fourth-order valence-electron chi connectivity index (χ4n) is 10.4. The lowest BCUT2D eigenvalue weighted by Gasteiger charge is -2.49. The summed E-state index contributed by atoms with van der Waals surface area (Å²) in [6, 6.07) is 18.4. The Morgan fingerprint density at radius 1 is 0.947 bits per heavy atom. The van der Waals surface area contributed by atoms with Gasteiger partial charge in [-0.25, -0.2) is 4.90 Å². The number of aliphatic carboxylic acids is 1. The number of carbonyl (C=O) groups excluding carboxylic acids is 4. The number of anilines is 1. The number of phenolic OH excluding ortho intramolecular Hbond substituents is 1. The van der Waals surface area contributed by atoms with Crippen LogP contribution in [-0.2, 0) is 31.0 Å². The van der Waals surface area contributed by atoms with E-state index in [0.29, 0.717) is 47.6 Å². The Kier molecular flexibility index (Phi) is 8.93. The smallest absolute Gasteiger partial charge is 0.303 e. The van der Waals surface area contributed by atoms with Gasteiger partial charge in [0.25, 0.3) is 0 Å². The lowest BCUT2D eigenvalue weighted by molar-refractivity contribution is -0.141. The average molecular weight is 805 g/mol. The Morgan fingerprint density at radius 3 is 2.49 bits per heavy atom. The summed E-state index contributed by atoms with van der Waals surface area (Å²) in [5.74, 6) is -4.96. The maximum absolute atomic E-state index is 15.3. The van der Waals surface area contributed by atoms with Gasteiger partial charge in [-0.3, -0.25) is 33.6 Å². The molecule has 11 nitrogen and oxygen atoms in total. The van der Waals surface area contributed by atoms with Crippen LogP contribution < -0.4 is 4.90 Å². The molecule has 3 fully saturated rings. The highest BCUT2D eigenvalue weighted by molar-refractivity contribution is 7.22. The molecule has 57 heavy (non-hydrogen) atoms. The second-order valence-corrected chi connectivity index (χ2v) is 17.6. The van der Waals surface area contributed by atoms with Crippen molar-refractivity contribution in [2.75, 3.05) is 11.4 Å². The first-order chi connectivity index (χ1) is 27.3. The van der Waals surface area contributed by atoms with E-state index in [-0.39, 0.29) is 48.8 Å². The molecular weight excluding hydrogens is 764 g/mol. The van der Waals surface area contributed by atoms with Crippen molar-refractivity contribution in [3.63, 3.8) is 0 Å². The van der Waals surface area contributed by atoms with Gasteiger partial charge < -0.3 is 10.2 Å². The Bertz CT molecular complexity index is 2610. The van der Waals surface area contributed by atoms with Crippen molar-refractivity contribution >= 4 is 79.2 Å². The van der Waals surface area contributed by atoms with Crippen LogP contribution in [0.1, 0.15) is 62.5 Å². The molecule has 2 saturated heterocycles. The van der Waals surface area contributed by atoms with Crippen LogP contribution in [-0.4, -0.2) is 61.0 Å². The van der Waals surface area contributed by atoms with Crippen LogP contribution in [0, 0.1) is 36.0 Å². The SMILES string of the molecule is Cc1c(-c2cc(N3C(=O)[C@@H]4C[C@@H]5C(=CC[C@@H]6C(=O)N(CCCCCC(=O)O)C(=O)[C@@H]65)[C@H](c5ccc(O)c6ccccc56)[C@]4(C)C3=O)n(C)n2)sc2ccc(Cl)cc12. The van der Waals surface area contributed by atoms with Gasteiger partial charge in [-0.15, -0.1) is 11.3 Å². The number of imide groups is 2. The quantitative estimate of drug-likeness (QED) is 0.0865. The molecule has 0 bridgehead atoms. The van der Waals surface area contributed by atoms with Gasteiger partial charge in [0, 0.05) is 47.1 Å². The number of benzene rings is 3. The molecule has 2 aliphatic carbocycles. The second-order valence-electron chi connectivity index (χ2n) is 16.1. The summed E-state index contributed by atoms with van der Waals surface area (Å²) in [4.78, 5) is 73.1. The number of amides is 4. The number of aromatic hydroxyl groups is 1. The number of fused-ring (bicyclic) bond motifs is 6. The minimum atomic E-state index is -1.28. The van der Waals surface area contributed by atoms with Gasteiger partial charge in [0.1, 0.15) is 17.3 Å². The van der Waals surface area contributed by atoms with E-state index in [4.69, 9.17) is 21.8 Å². The Labute approximate surface area is 337 Å². The molecule has 1 saturated carbocycles. The summed E-state index contributed by atoms with van der Waals surface area (Å²) in [6.07, 6.45) is 4.12. The van der Waals surface area contributed by atoms with Crippen molar-refractivity contribution in [2.45, 2.75) is 58.3 Å². The largest absolute Gasteiger partial charge is 0.507 e. The molecule has 6 atom stereocenters. The number of likely N-dealkylation sites (tertiary alicyclic amines) is 1. The third kappa shape index (κ3) is 5.58. The molecule has 0 spiro atoms. The molecule has 4 heterocycles. The van der Waals surface area contributed by atoms with Gasteiger partial charge in [0.15, 0.2) is 0 Å². The van der Waals surface area contributed by atoms with Crippen molar-refractivity contribution in [3.05, 3.63) is 88.5 Å². The molecule has 292 valence electrons. The summed E-state index contributed by atoms with van der Waals surface area (Å²) in [7, 11) is 1.72. The van der Waals surface area contributed by atoms with Gasteiger partial charge in [-0.2, -0.15) is 5.10 Å². The lowest BCUT2D eigenvalue weighted by Crippen LogP contribution is -2.49. The van der Waals surface area contributed by atoms with Gasteiger partial charge in [0.2, 0.25) is 23.6 Å². The molecule has 0 radical (unpaired) electrons. The standard InChI is InChI=1S/C44H41ClN4O7S/c1-22-29-19-23(45)12-17-34(29)57-39(22)32-21-35(47(3)46-32)49-41(54)31-20-30-27(13-14-28-37(30)42(55)48(40(28)53)18-8-4-5-11-36(51)52)38(44(31,2)43(49)56)26-15-16-33(50)25-10-7-6-9-24(25)26/h6-7,9-10,12-13,15-17,19,21,28,30-31,37-38,50H,4-5,8,11,14,18,20H2,1-3H3,(H,51,52)/t28-,30+,31-,37-,38-,44+/m0/s1. The second kappa shape index (κ2) is 13.7. The number of hydrogen-bond acceptors (Lipinski definition) is 8. The molecule has 0 unspecified atom stereocenters. The van der Waals surface area contributed by atoms with E-state index in [1.54, 1.807) is 35.2 Å². The normalized spacial score (nSPS) is 25.7. The van der Waals surface area contributed by atoms with Crippen LogP contribution in [0.4, 0.5) is 5.82 Å². The summed E-state index contributed by atoms with van der Waals surface area (Å²) in [5, 5.41) is 27.8. The average Bonchev–Trinajstić information content (AvgIpc) is 3.85. The maximum Gasteiger partial charge on any atom is 0.303 e. The number of rotatable bonds is 9. The van der Waals surface area contributed by atoms with Crippen molar-refractivity contribution < 1.29 is 34.2 Å². The molecule has 2 aromatic heterocycles. The Hall–Kier alpha value is -5.33. The number of unbranched alkanes of at least 4 members (excludes halogenated alkanes) is 2. The number of aryl methyl sites for hydroxylation is 2. The maximum atomic E-state index is 15.3. The Balaban J connectivity index is 1.13. The number of nitrogens with zero attached hydrogens (tertiary/aromatic N) is 4. The molecule has 2 aliphatic heterocycles. The molecule has 2 N–H and O–H groups in total. The third-order valence-electron chi connectivity index (χ3n) is 13.1. The van der Waals surface area contributed by atoms with Crippen LogP contribution in [0.25, 0.3) is 31.4 Å². The monoisotopic (exact) mass is 804 g/mol. The van der Waals surface area contributed by atoms with Gasteiger partial charge >= 0.3 is 5.97 Å². The van der Waals surface area contributed by atoms with Crippen molar-refractivity contribution in [1.82, 2.24) is 14.7 Å². The van der Waals surface area contributed by atoms with E-state index in [1.165, 1.54) is 9.80 Å². The van der Waals surface area contributed by atoms with E-state index < -0.39 is 41.0 Å². The number of halogens is 1. The fraction of sp³-hybridized carbons (Fsp3) is 0.364. The van der Waals surface area contributed by atoms with Crippen molar-refractivity contribution in [2.24, 2.45) is 36.1 Å². The Morgan fingerprint density at radius 2 is 1.72 bits per heavy atom.